The quantitative estimate of drug-likeness (QED) is 0.670. The molecule has 0 radical (unpaired) electrons. The van der Waals surface area contributed by atoms with E-state index in [1.807, 2.05) is 13.0 Å². The second-order valence-corrected chi connectivity index (χ2v) is 5.26. The van der Waals surface area contributed by atoms with Crippen molar-refractivity contribution in [2.24, 2.45) is 5.73 Å². The molecule has 0 aromatic carbocycles. The molecule has 114 valence electrons. The van der Waals surface area contributed by atoms with Gasteiger partial charge in [0.05, 0.1) is 6.61 Å². The zero-order valence-corrected chi connectivity index (χ0v) is 12.8. The van der Waals surface area contributed by atoms with Crippen molar-refractivity contribution >= 4 is 0 Å². The number of nitrogens with two attached hydrogens (primary N) is 1. The third kappa shape index (κ3) is 5.78. The summed E-state index contributed by atoms with van der Waals surface area (Å²) in [4.78, 5) is 12.2. The molecular formula is C16H28N2O2. The number of ether oxygens (including phenoxy) is 1. The van der Waals surface area contributed by atoms with Crippen LogP contribution in [0.25, 0.3) is 0 Å². The van der Waals surface area contributed by atoms with E-state index in [0.717, 1.165) is 19.3 Å². The predicted molar refractivity (Wildman–Crippen MR) is 83.2 cm³/mol. The molecule has 1 unspecified atom stereocenters. The first-order chi connectivity index (χ1) is 9.69. The van der Waals surface area contributed by atoms with Crippen LogP contribution in [-0.2, 0) is 6.54 Å². The van der Waals surface area contributed by atoms with Gasteiger partial charge < -0.3 is 15.0 Å². The molecule has 0 aliphatic heterocycles. The molecule has 1 aromatic rings. The first-order valence-electron chi connectivity index (χ1n) is 7.76. The van der Waals surface area contributed by atoms with Crippen LogP contribution in [0.5, 0.6) is 5.75 Å². The van der Waals surface area contributed by atoms with Gasteiger partial charge in [0, 0.05) is 18.8 Å². The summed E-state index contributed by atoms with van der Waals surface area (Å²) in [6.45, 7) is 5.38. The highest BCUT2D eigenvalue weighted by molar-refractivity contribution is 5.17. The average molecular weight is 280 g/mol. The number of aromatic nitrogens is 1. The predicted octanol–water partition coefficient (Wildman–Crippen LogP) is 2.93. The van der Waals surface area contributed by atoms with Crippen molar-refractivity contribution in [1.82, 2.24) is 4.57 Å². The van der Waals surface area contributed by atoms with E-state index in [1.54, 1.807) is 16.8 Å². The molecular weight excluding hydrogens is 252 g/mol. The van der Waals surface area contributed by atoms with Gasteiger partial charge in [0.2, 0.25) is 0 Å². The van der Waals surface area contributed by atoms with Crippen molar-refractivity contribution in [3.8, 4) is 5.75 Å². The van der Waals surface area contributed by atoms with Crippen LogP contribution in [0.3, 0.4) is 0 Å². The van der Waals surface area contributed by atoms with Crippen molar-refractivity contribution in [2.75, 3.05) is 6.61 Å². The van der Waals surface area contributed by atoms with E-state index >= 15 is 0 Å². The average Bonchev–Trinajstić information content (AvgIpc) is 2.46. The summed E-state index contributed by atoms with van der Waals surface area (Å²) in [5, 5.41) is 0. The lowest BCUT2D eigenvalue weighted by molar-refractivity contribution is 0.297. The minimum absolute atomic E-state index is 0.0111. The molecule has 0 amide bonds. The zero-order chi connectivity index (χ0) is 14.8. The van der Waals surface area contributed by atoms with Gasteiger partial charge in [0.1, 0.15) is 0 Å². The van der Waals surface area contributed by atoms with Crippen molar-refractivity contribution < 1.29 is 4.74 Å². The molecule has 0 saturated heterocycles. The molecule has 4 heteroatoms. The molecule has 0 saturated carbocycles. The van der Waals surface area contributed by atoms with Gasteiger partial charge in [-0.2, -0.15) is 0 Å². The highest BCUT2D eigenvalue weighted by Crippen LogP contribution is 2.06. The maximum Gasteiger partial charge on any atom is 0.292 e. The van der Waals surface area contributed by atoms with E-state index < -0.39 is 0 Å². The van der Waals surface area contributed by atoms with E-state index in [2.05, 4.69) is 6.92 Å². The van der Waals surface area contributed by atoms with Gasteiger partial charge in [0.15, 0.2) is 5.75 Å². The summed E-state index contributed by atoms with van der Waals surface area (Å²) in [5.41, 5.74) is 5.81. The summed E-state index contributed by atoms with van der Waals surface area (Å²) in [6.07, 6.45) is 8.54. The molecule has 0 spiro atoms. The summed E-state index contributed by atoms with van der Waals surface area (Å²) in [7, 11) is 0. The second kappa shape index (κ2) is 9.59. The largest absolute Gasteiger partial charge is 0.488 e. The fourth-order valence-corrected chi connectivity index (χ4v) is 2.04. The highest BCUT2D eigenvalue weighted by Gasteiger charge is 2.07. The Morgan fingerprint density at radius 1 is 1.25 bits per heavy atom. The maximum absolute atomic E-state index is 12.2. The standard InChI is InChI=1S/C16H28N2O2/c1-3-5-6-7-8-12-20-15-10-9-11-18(16(15)19)13-14(17)4-2/h9-11,14H,3-8,12-13,17H2,1-2H3. The van der Waals surface area contributed by atoms with Gasteiger partial charge >= 0.3 is 0 Å². The van der Waals surface area contributed by atoms with E-state index in [1.165, 1.54) is 19.3 Å². The van der Waals surface area contributed by atoms with Gasteiger partial charge in [-0.25, -0.2) is 0 Å². The summed E-state index contributed by atoms with van der Waals surface area (Å²) < 4.78 is 7.24. The van der Waals surface area contributed by atoms with Gasteiger partial charge in [0.25, 0.3) is 5.56 Å². The van der Waals surface area contributed by atoms with Crippen LogP contribution in [0.1, 0.15) is 52.4 Å². The Morgan fingerprint density at radius 2 is 2.00 bits per heavy atom. The van der Waals surface area contributed by atoms with Crippen molar-refractivity contribution in [2.45, 2.75) is 65.0 Å². The topological polar surface area (TPSA) is 57.2 Å². The Bertz CT molecular complexity index is 429. The van der Waals surface area contributed by atoms with E-state index in [0.29, 0.717) is 18.9 Å². The zero-order valence-electron chi connectivity index (χ0n) is 12.8. The molecule has 1 aromatic heterocycles. The van der Waals surface area contributed by atoms with Gasteiger partial charge in [-0.15, -0.1) is 0 Å². The molecule has 4 nitrogen and oxygen atoms in total. The smallest absolute Gasteiger partial charge is 0.292 e. The molecule has 0 aliphatic rings. The molecule has 0 bridgehead atoms. The van der Waals surface area contributed by atoms with Crippen LogP contribution in [0, 0.1) is 0 Å². The molecule has 0 aliphatic carbocycles. The van der Waals surface area contributed by atoms with Gasteiger partial charge in [-0.1, -0.05) is 39.5 Å². The summed E-state index contributed by atoms with van der Waals surface area (Å²) in [6, 6.07) is 3.59. The SMILES string of the molecule is CCCCCCCOc1cccn(CC(N)CC)c1=O. The first-order valence-corrected chi connectivity index (χ1v) is 7.76. The third-order valence-electron chi connectivity index (χ3n) is 3.45. The lowest BCUT2D eigenvalue weighted by atomic mass is 10.2. The van der Waals surface area contributed by atoms with Crippen LogP contribution >= 0.6 is 0 Å². The van der Waals surface area contributed by atoms with Crippen molar-refractivity contribution in [3.05, 3.63) is 28.7 Å². The second-order valence-electron chi connectivity index (χ2n) is 5.26. The highest BCUT2D eigenvalue weighted by atomic mass is 16.5. The number of rotatable bonds is 10. The minimum atomic E-state index is -0.0787. The summed E-state index contributed by atoms with van der Waals surface area (Å²) in [5.74, 6) is 0.436. The Labute approximate surface area is 121 Å². The number of pyridine rings is 1. The number of unbranched alkanes of at least 4 members (excludes halogenated alkanes) is 4. The van der Waals surface area contributed by atoms with E-state index in [9.17, 15) is 4.79 Å². The fourth-order valence-electron chi connectivity index (χ4n) is 2.04. The number of nitrogens with zero attached hydrogens (tertiary/aromatic N) is 1. The Morgan fingerprint density at radius 3 is 2.70 bits per heavy atom. The molecule has 1 rings (SSSR count). The first kappa shape index (κ1) is 16.8. The van der Waals surface area contributed by atoms with Crippen molar-refractivity contribution in [1.29, 1.82) is 0 Å². The lowest BCUT2D eigenvalue weighted by Gasteiger charge is -2.13. The lowest BCUT2D eigenvalue weighted by Crippen LogP contribution is -2.31. The maximum atomic E-state index is 12.2. The Kier molecular flexibility index (Phi) is 8.04. The normalized spacial score (nSPS) is 12.3. The van der Waals surface area contributed by atoms with Crippen LogP contribution in [-0.4, -0.2) is 17.2 Å². The summed E-state index contributed by atoms with van der Waals surface area (Å²) >= 11 is 0. The van der Waals surface area contributed by atoms with Crippen LogP contribution in [0.4, 0.5) is 0 Å². The minimum Gasteiger partial charge on any atom is -0.488 e. The van der Waals surface area contributed by atoms with Crippen LogP contribution in [0.15, 0.2) is 23.1 Å². The van der Waals surface area contributed by atoms with Gasteiger partial charge in [-0.3, -0.25) is 4.79 Å². The molecule has 2 N–H and O–H groups in total. The van der Waals surface area contributed by atoms with Gasteiger partial charge in [-0.05, 0) is 25.0 Å². The third-order valence-corrected chi connectivity index (χ3v) is 3.45. The molecule has 20 heavy (non-hydrogen) atoms. The fraction of sp³-hybridized carbons (Fsp3) is 0.688. The molecule has 1 atom stereocenters. The van der Waals surface area contributed by atoms with Crippen molar-refractivity contribution in [3.63, 3.8) is 0 Å². The van der Waals surface area contributed by atoms with E-state index in [4.69, 9.17) is 10.5 Å². The molecule has 1 heterocycles. The number of hydrogen-bond donors (Lipinski definition) is 1. The van der Waals surface area contributed by atoms with Crippen LogP contribution in [0.2, 0.25) is 0 Å². The molecule has 0 fully saturated rings. The van der Waals surface area contributed by atoms with E-state index in [-0.39, 0.29) is 11.6 Å². The Balaban J connectivity index is 2.46. The number of hydrogen-bond acceptors (Lipinski definition) is 3. The van der Waals surface area contributed by atoms with Crippen LogP contribution < -0.4 is 16.0 Å². The Hall–Kier alpha value is -1.29. The monoisotopic (exact) mass is 280 g/mol.